The van der Waals surface area contributed by atoms with Gasteiger partial charge in [-0.2, -0.15) is 0 Å². The predicted molar refractivity (Wildman–Crippen MR) is 377 cm³/mol. The summed E-state index contributed by atoms with van der Waals surface area (Å²) in [4.78, 5) is 64.5. The van der Waals surface area contributed by atoms with E-state index < -0.39 is 76.9 Å². The summed E-state index contributed by atoms with van der Waals surface area (Å²) in [5, 5.41) is 97.8. The first-order chi connectivity index (χ1) is 47.6. The fourth-order valence-electron chi connectivity index (χ4n) is 22.4. The molecule has 0 bridgehead atoms. The average molecular weight is 1410 g/mol. The second-order valence-electron chi connectivity index (χ2n) is 33.9. The van der Waals surface area contributed by atoms with Crippen molar-refractivity contribution in [3.05, 3.63) is 95.2 Å². The highest BCUT2D eigenvalue weighted by Gasteiger charge is 2.63. The Balaban J connectivity index is 0.000000145. The van der Waals surface area contributed by atoms with Crippen LogP contribution in [-0.2, 0) is 47.8 Å². The maximum absolute atomic E-state index is 11.8. The van der Waals surface area contributed by atoms with E-state index in [-0.39, 0.29) is 108 Å². The number of nitrogens with zero attached hydrogens (tertiary/aromatic N) is 2. The summed E-state index contributed by atoms with van der Waals surface area (Å²) in [6.07, 6.45) is 23.2. The van der Waals surface area contributed by atoms with Gasteiger partial charge in [0.1, 0.15) is 63.2 Å². The van der Waals surface area contributed by atoms with Crippen molar-refractivity contribution in [1.82, 2.24) is 0 Å². The van der Waals surface area contributed by atoms with Crippen LogP contribution in [0.4, 0.5) is 0 Å². The Bertz CT molecular complexity index is 3350. The highest BCUT2D eigenvalue weighted by Crippen LogP contribution is 2.66. The number of allylic oxidation sites excluding steroid dienone is 8. The number of carbonyl (C=O) groups excluding carboxylic acids is 5. The molecule has 8 aliphatic carbocycles. The van der Waals surface area contributed by atoms with Crippen LogP contribution in [0.5, 0.6) is 0 Å². The van der Waals surface area contributed by atoms with Crippen molar-refractivity contribution in [3.63, 3.8) is 0 Å². The highest BCUT2D eigenvalue weighted by molar-refractivity contribution is 5.93. The Morgan fingerprint density at radius 2 is 0.782 bits per heavy atom. The van der Waals surface area contributed by atoms with Gasteiger partial charge in [-0.15, -0.1) is 5.16 Å². The first-order valence-electron chi connectivity index (χ1n) is 37.0. The van der Waals surface area contributed by atoms with E-state index >= 15 is 0 Å². The molecule has 5 heterocycles. The first-order valence-corrected chi connectivity index (χ1v) is 37.0. The normalized spacial score (nSPS) is 46.2. The molecule has 13 aliphatic rings. The highest BCUT2D eigenvalue weighted by atomic mass is 16.6. The first kappa shape index (κ1) is 77.7. The van der Waals surface area contributed by atoms with Crippen molar-refractivity contribution < 1.29 is 93.8 Å². The van der Waals surface area contributed by atoms with Crippen LogP contribution in [0.2, 0.25) is 0 Å². The van der Waals surface area contributed by atoms with Crippen LogP contribution in [0.1, 0.15) is 184 Å². The van der Waals surface area contributed by atoms with Gasteiger partial charge < -0.3 is 74.6 Å². The number of esters is 4. The molecule has 12 fully saturated rings. The minimum Gasteiger partial charge on any atom is -0.459 e. The van der Waals surface area contributed by atoms with Crippen LogP contribution < -0.4 is 0 Å². The smallest absolute Gasteiger partial charge is 0.336 e. The standard InChI is InChI=1S/C20H29NO5.C20H27NO4.C20H30O5.C20H28O5/c1-12-4-7-16-19(2,9-8-17(23)20(16,3)11-21-25)14(12)6-5-13-15(22)10-26-18(13)24;1-12-4-7-16-19(2,9-8-17-20(16,3)11-21-25-17)14(12)6-5-13-15(22)10-24-18(13)23;2*1-12-4-7-16-19(2,9-8-17(23)20(16,3)11-21)14(12)6-5-13-15(22)10-25-18(13)24/h5,11,14-17,22-23,25H,1,4,6-10H2,2-3H3;5,11,14-17,22H,1,4,6-10H2,2-3H3;5,14-17,21-23H,1,4,6-11H2,2-3H3;5,11,14-17,22-23H,1,4,6-10H2,2-3H3/b13-5+,21-11+;3*13-5+/t4*14-,15-,16+,17-,19+,20+/m1111/s1. The Morgan fingerprint density at radius 3 is 1.13 bits per heavy atom. The molecule has 0 unspecified atom stereocenters. The summed E-state index contributed by atoms with van der Waals surface area (Å²) in [6.45, 7) is 34.3. The second-order valence-corrected chi connectivity index (χ2v) is 33.9. The molecule has 0 aromatic rings. The summed E-state index contributed by atoms with van der Waals surface area (Å²) in [7, 11) is 0. The number of aldehydes is 1. The summed E-state index contributed by atoms with van der Waals surface area (Å²) >= 11 is 0. The molecular weight excluding hydrogens is 1290 g/mol. The molecule has 13 rings (SSSR count). The molecule has 8 saturated carbocycles. The number of cyclic esters (lactones) is 4. The monoisotopic (exact) mass is 1410 g/mol. The Hall–Kier alpha value is -5.91. The molecule has 558 valence electrons. The Labute approximate surface area is 595 Å². The summed E-state index contributed by atoms with van der Waals surface area (Å²) in [5.74, 6) is -0.104. The number of rotatable bonds is 11. The number of fused-ring (bicyclic) bond motifs is 6. The molecule has 21 nitrogen and oxygen atoms in total. The van der Waals surface area contributed by atoms with Crippen molar-refractivity contribution in [2.45, 2.75) is 233 Å². The quantitative estimate of drug-likeness (QED) is 0.0136. The van der Waals surface area contributed by atoms with Gasteiger partial charge in [-0.25, -0.2) is 19.2 Å². The number of oxime groups is 2. The fraction of sp³-hybridized carbons (Fsp3) is 0.713. The van der Waals surface area contributed by atoms with Crippen LogP contribution in [0.15, 0.2) is 106 Å². The van der Waals surface area contributed by atoms with Gasteiger partial charge in [-0.1, -0.05) is 133 Å². The lowest BCUT2D eigenvalue weighted by molar-refractivity contribution is -0.152. The van der Waals surface area contributed by atoms with Gasteiger partial charge in [0.2, 0.25) is 0 Å². The third-order valence-corrected chi connectivity index (χ3v) is 28.7. The van der Waals surface area contributed by atoms with Gasteiger partial charge >= 0.3 is 23.9 Å². The second kappa shape index (κ2) is 29.9. The zero-order valence-electron chi connectivity index (χ0n) is 60.8. The van der Waals surface area contributed by atoms with Gasteiger partial charge in [0.15, 0.2) is 0 Å². The zero-order chi connectivity index (χ0) is 73.7. The molecule has 0 aromatic carbocycles. The lowest BCUT2D eigenvalue weighted by Gasteiger charge is -2.59. The summed E-state index contributed by atoms with van der Waals surface area (Å²) < 4.78 is 19.6. The number of aliphatic hydroxyl groups is 8. The van der Waals surface area contributed by atoms with Crippen LogP contribution in [-0.4, -0.2) is 171 Å². The lowest BCUT2D eigenvalue weighted by atomic mass is 9.46. The molecule has 24 atom stereocenters. The number of ether oxygens (including phenoxy) is 4. The minimum absolute atomic E-state index is 0.0194. The molecule has 0 amide bonds. The van der Waals surface area contributed by atoms with E-state index in [4.69, 9.17) is 29.0 Å². The van der Waals surface area contributed by atoms with E-state index in [1.165, 1.54) is 11.8 Å². The number of carbonyl (C=O) groups is 5. The number of hydrogen-bond donors (Lipinski definition) is 9. The molecule has 9 N–H and O–H groups in total. The van der Waals surface area contributed by atoms with Gasteiger partial charge in [-0.05, 0) is 197 Å². The summed E-state index contributed by atoms with van der Waals surface area (Å²) in [5.41, 5.74) is 3.95. The van der Waals surface area contributed by atoms with Crippen molar-refractivity contribution in [2.75, 3.05) is 33.0 Å². The molecule has 0 radical (unpaired) electrons. The van der Waals surface area contributed by atoms with Crippen LogP contribution >= 0.6 is 0 Å². The summed E-state index contributed by atoms with van der Waals surface area (Å²) in [6, 6.07) is 0. The van der Waals surface area contributed by atoms with Crippen molar-refractivity contribution in [1.29, 1.82) is 0 Å². The lowest BCUT2D eigenvalue weighted by Crippen LogP contribution is -2.57. The van der Waals surface area contributed by atoms with E-state index in [0.29, 0.717) is 72.7 Å². The van der Waals surface area contributed by atoms with Gasteiger partial charge in [0, 0.05) is 16.2 Å². The third kappa shape index (κ3) is 14.0. The largest absolute Gasteiger partial charge is 0.459 e. The number of hydrogen-bond acceptors (Lipinski definition) is 21. The molecule has 0 aromatic heterocycles. The van der Waals surface area contributed by atoms with Gasteiger partial charge in [-0.3, -0.25) is 0 Å². The average Bonchev–Trinajstić information content (AvgIpc) is 1.53. The van der Waals surface area contributed by atoms with E-state index in [2.05, 4.69) is 71.2 Å². The molecular formula is C80H114N2O19. The minimum atomic E-state index is -0.860. The maximum Gasteiger partial charge on any atom is 0.336 e. The molecule has 0 spiro atoms. The van der Waals surface area contributed by atoms with E-state index in [1.807, 2.05) is 39.1 Å². The van der Waals surface area contributed by atoms with Crippen LogP contribution in [0, 0.1) is 90.7 Å². The Kier molecular flexibility index (Phi) is 23.0. The predicted octanol–water partition coefficient (Wildman–Crippen LogP) is 9.56. The maximum atomic E-state index is 11.8. The number of aliphatic hydroxyl groups excluding tert-OH is 8. The molecule has 101 heavy (non-hydrogen) atoms. The molecule has 5 aliphatic heterocycles. The third-order valence-electron chi connectivity index (χ3n) is 28.7. The van der Waals surface area contributed by atoms with E-state index in [0.717, 1.165) is 113 Å². The Morgan fingerprint density at radius 1 is 0.465 bits per heavy atom. The van der Waals surface area contributed by atoms with E-state index in [1.54, 1.807) is 12.2 Å². The van der Waals surface area contributed by atoms with Crippen LogP contribution in [0.3, 0.4) is 0 Å². The van der Waals surface area contributed by atoms with Crippen LogP contribution in [0.25, 0.3) is 0 Å². The van der Waals surface area contributed by atoms with Gasteiger partial charge in [0.25, 0.3) is 0 Å². The van der Waals surface area contributed by atoms with E-state index in [9.17, 15) is 64.8 Å². The van der Waals surface area contributed by atoms with Crippen molar-refractivity contribution in [3.8, 4) is 0 Å². The topological polar surface area (TPSA) is 338 Å². The fourth-order valence-corrected chi connectivity index (χ4v) is 22.4. The SMILES string of the molecule is C=C1CC[C@@H]2[C@](C)(/C=N/O)[C@H](O)CC[C@@]2(C)[C@@H]1C/C=C1/C(=O)OC[C@H]1O.C=C1CC[C@@H]2[C@](C)(C=O)[C@H](O)CC[C@@]2(C)[C@@H]1C/C=C1/C(=O)OC[C@H]1O.C=C1CC[C@@H]2[C@](C)(CO)[C@H](O)CC[C@@]2(C)[C@@H]1C/C=C1/C(=O)OC[C@H]1O.C=C1CC[C@@H]2[C@]3(C)C=NO[C@@H]3CC[C@@]2(C)[C@@H]1C/C=C1/C(=O)OC[C@H]1O. The molecule has 4 saturated heterocycles. The van der Waals surface area contributed by atoms with Crippen molar-refractivity contribution >= 4 is 42.6 Å². The van der Waals surface area contributed by atoms with Gasteiger partial charge in [0.05, 0.1) is 65.1 Å². The zero-order valence-corrected chi connectivity index (χ0v) is 60.8. The van der Waals surface area contributed by atoms with Crippen molar-refractivity contribution in [2.24, 2.45) is 101 Å². The molecule has 21 heteroatoms.